The van der Waals surface area contributed by atoms with Crippen molar-refractivity contribution < 1.29 is 14.3 Å². The molecule has 1 aliphatic rings. The SMILES string of the molecule is COCCN1C(=O)c2ccccc2[C@@H](C(=O)NCc2ccccn2)[C@@H]1c1ccccc1. The van der Waals surface area contributed by atoms with E-state index < -0.39 is 12.0 Å². The van der Waals surface area contributed by atoms with Crippen LogP contribution in [0, 0.1) is 0 Å². The number of hydrogen-bond acceptors (Lipinski definition) is 4. The number of aromatic nitrogens is 1. The first-order chi connectivity index (χ1) is 15.2. The molecule has 0 aliphatic carbocycles. The zero-order valence-electron chi connectivity index (χ0n) is 17.4. The van der Waals surface area contributed by atoms with E-state index in [-0.39, 0.29) is 11.8 Å². The van der Waals surface area contributed by atoms with E-state index in [0.717, 1.165) is 16.8 Å². The van der Waals surface area contributed by atoms with Crippen LogP contribution in [0.3, 0.4) is 0 Å². The molecule has 6 nitrogen and oxygen atoms in total. The van der Waals surface area contributed by atoms with E-state index in [2.05, 4.69) is 10.3 Å². The van der Waals surface area contributed by atoms with Gasteiger partial charge in [-0.2, -0.15) is 0 Å². The Bertz CT molecular complexity index is 1040. The highest BCUT2D eigenvalue weighted by atomic mass is 16.5. The van der Waals surface area contributed by atoms with Gasteiger partial charge in [-0.1, -0.05) is 54.6 Å². The van der Waals surface area contributed by atoms with Gasteiger partial charge in [-0.05, 0) is 29.3 Å². The lowest BCUT2D eigenvalue weighted by atomic mass is 9.79. The molecule has 1 aliphatic heterocycles. The molecule has 2 atom stereocenters. The largest absolute Gasteiger partial charge is 0.383 e. The van der Waals surface area contributed by atoms with Crippen LogP contribution in [0.4, 0.5) is 0 Å². The third kappa shape index (κ3) is 4.34. The van der Waals surface area contributed by atoms with Gasteiger partial charge in [0, 0.05) is 25.4 Å². The number of ether oxygens (including phenoxy) is 1. The van der Waals surface area contributed by atoms with Gasteiger partial charge in [0.2, 0.25) is 5.91 Å². The molecule has 6 heteroatoms. The second kappa shape index (κ2) is 9.53. The topological polar surface area (TPSA) is 71.5 Å². The van der Waals surface area contributed by atoms with Crippen molar-refractivity contribution in [2.24, 2.45) is 0 Å². The van der Waals surface area contributed by atoms with E-state index in [0.29, 0.717) is 25.3 Å². The number of amides is 2. The maximum atomic E-state index is 13.5. The minimum Gasteiger partial charge on any atom is -0.383 e. The quantitative estimate of drug-likeness (QED) is 0.643. The Kier molecular flexibility index (Phi) is 6.38. The molecule has 4 rings (SSSR count). The Labute approximate surface area is 181 Å². The molecule has 1 aromatic heterocycles. The molecule has 158 valence electrons. The molecule has 0 radical (unpaired) electrons. The summed E-state index contributed by atoms with van der Waals surface area (Å²) in [5.41, 5.74) is 3.00. The van der Waals surface area contributed by atoms with Crippen molar-refractivity contribution in [1.29, 1.82) is 0 Å². The van der Waals surface area contributed by atoms with E-state index in [9.17, 15) is 9.59 Å². The third-order valence-electron chi connectivity index (χ3n) is 5.57. The van der Waals surface area contributed by atoms with Crippen LogP contribution in [0.5, 0.6) is 0 Å². The van der Waals surface area contributed by atoms with E-state index in [1.807, 2.05) is 66.7 Å². The molecular weight excluding hydrogens is 390 g/mol. The van der Waals surface area contributed by atoms with Crippen molar-refractivity contribution in [3.63, 3.8) is 0 Å². The minimum atomic E-state index is -0.545. The average Bonchev–Trinajstić information content (AvgIpc) is 2.83. The summed E-state index contributed by atoms with van der Waals surface area (Å²) in [4.78, 5) is 33.0. The molecule has 2 aromatic carbocycles. The number of fused-ring (bicyclic) bond motifs is 1. The number of nitrogens with zero attached hydrogens (tertiary/aromatic N) is 2. The Balaban J connectivity index is 1.74. The van der Waals surface area contributed by atoms with Crippen LogP contribution in [0.15, 0.2) is 79.0 Å². The van der Waals surface area contributed by atoms with Crippen LogP contribution in [-0.2, 0) is 16.1 Å². The molecule has 2 amide bonds. The van der Waals surface area contributed by atoms with Crippen LogP contribution in [0.2, 0.25) is 0 Å². The van der Waals surface area contributed by atoms with Gasteiger partial charge in [0.25, 0.3) is 5.91 Å². The molecule has 0 bridgehead atoms. The number of hydrogen-bond donors (Lipinski definition) is 1. The molecule has 31 heavy (non-hydrogen) atoms. The lowest BCUT2D eigenvalue weighted by Gasteiger charge is -2.41. The van der Waals surface area contributed by atoms with Gasteiger partial charge in [0.15, 0.2) is 0 Å². The Hall–Kier alpha value is -3.51. The van der Waals surface area contributed by atoms with Crippen LogP contribution < -0.4 is 5.32 Å². The molecular formula is C25H25N3O3. The van der Waals surface area contributed by atoms with Gasteiger partial charge in [-0.15, -0.1) is 0 Å². The highest BCUT2D eigenvalue weighted by Crippen LogP contribution is 2.42. The van der Waals surface area contributed by atoms with Crippen LogP contribution in [0.25, 0.3) is 0 Å². The van der Waals surface area contributed by atoms with Crippen LogP contribution in [0.1, 0.15) is 39.1 Å². The summed E-state index contributed by atoms with van der Waals surface area (Å²) in [7, 11) is 1.61. The fourth-order valence-electron chi connectivity index (χ4n) is 4.12. The summed E-state index contributed by atoms with van der Waals surface area (Å²) < 4.78 is 5.26. The summed E-state index contributed by atoms with van der Waals surface area (Å²) in [6, 6.07) is 22.3. The van der Waals surface area contributed by atoms with Crippen molar-refractivity contribution in [3.8, 4) is 0 Å². The third-order valence-corrected chi connectivity index (χ3v) is 5.57. The maximum absolute atomic E-state index is 13.5. The number of nitrogens with one attached hydrogen (secondary N) is 1. The maximum Gasteiger partial charge on any atom is 0.254 e. The van der Waals surface area contributed by atoms with Crippen molar-refractivity contribution in [2.75, 3.05) is 20.3 Å². The van der Waals surface area contributed by atoms with Crippen LogP contribution in [-0.4, -0.2) is 42.0 Å². The van der Waals surface area contributed by atoms with E-state index in [1.165, 1.54) is 0 Å². The zero-order chi connectivity index (χ0) is 21.6. The molecule has 0 fully saturated rings. The molecule has 0 unspecified atom stereocenters. The zero-order valence-corrected chi connectivity index (χ0v) is 17.4. The Morgan fingerprint density at radius 1 is 1.03 bits per heavy atom. The first-order valence-corrected chi connectivity index (χ1v) is 10.3. The number of rotatable bonds is 7. The van der Waals surface area contributed by atoms with E-state index >= 15 is 0 Å². The van der Waals surface area contributed by atoms with Gasteiger partial charge in [-0.25, -0.2) is 0 Å². The van der Waals surface area contributed by atoms with Gasteiger partial charge in [0.05, 0.1) is 30.8 Å². The summed E-state index contributed by atoms with van der Waals surface area (Å²) in [5.74, 6) is -0.769. The standard InChI is InChI=1S/C25H25N3O3/c1-31-16-15-28-23(18-9-3-2-4-10-18)22(20-12-5-6-13-21(20)25(28)30)24(29)27-17-19-11-7-8-14-26-19/h2-14,22-23H,15-17H2,1H3,(H,27,29)/t22-,23+/m1/s1. The number of carbonyl (C=O) groups is 2. The predicted octanol–water partition coefficient (Wildman–Crippen LogP) is 3.33. The fraction of sp³-hybridized carbons (Fsp3) is 0.240. The average molecular weight is 415 g/mol. The fourth-order valence-corrected chi connectivity index (χ4v) is 4.12. The smallest absolute Gasteiger partial charge is 0.254 e. The van der Waals surface area contributed by atoms with Gasteiger partial charge in [-0.3, -0.25) is 14.6 Å². The second-order valence-electron chi connectivity index (χ2n) is 7.45. The Morgan fingerprint density at radius 2 is 1.77 bits per heavy atom. The predicted molar refractivity (Wildman–Crippen MR) is 117 cm³/mol. The first-order valence-electron chi connectivity index (χ1n) is 10.3. The lowest BCUT2D eigenvalue weighted by molar-refractivity contribution is -0.124. The van der Waals surface area contributed by atoms with Gasteiger partial charge >= 0.3 is 0 Å². The van der Waals surface area contributed by atoms with E-state index in [4.69, 9.17) is 4.74 Å². The van der Waals surface area contributed by atoms with Gasteiger partial charge < -0.3 is 15.0 Å². The monoisotopic (exact) mass is 415 g/mol. The molecule has 0 saturated heterocycles. The number of methoxy groups -OCH3 is 1. The highest BCUT2D eigenvalue weighted by Gasteiger charge is 2.43. The van der Waals surface area contributed by atoms with Crippen molar-refractivity contribution >= 4 is 11.8 Å². The number of pyridine rings is 1. The summed E-state index contributed by atoms with van der Waals surface area (Å²) in [6.45, 7) is 1.11. The second-order valence-corrected chi connectivity index (χ2v) is 7.45. The van der Waals surface area contributed by atoms with E-state index in [1.54, 1.807) is 24.3 Å². The van der Waals surface area contributed by atoms with Crippen molar-refractivity contribution in [3.05, 3.63) is 101 Å². The van der Waals surface area contributed by atoms with Crippen molar-refractivity contribution in [1.82, 2.24) is 15.2 Å². The molecule has 1 N–H and O–H groups in total. The number of carbonyl (C=O) groups excluding carboxylic acids is 2. The summed E-state index contributed by atoms with van der Waals surface area (Å²) >= 11 is 0. The molecule has 0 saturated carbocycles. The molecule has 3 aromatic rings. The summed E-state index contributed by atoms with van der Waals surface area (Å²) in [5, 5.41) is 3.03. The molecule has 0 spiro atoms. The number of benzene rings is 2. The van der Waals surface area contributed by atoms with Crippen molar-refractivity contribution in [2.45, 2.75) is 18.5 Å². The minimum absolute atomic E-state index is 0.0877. The summed E-state index contributed by atoms with van der Waals surface area (Å²) in [6.07, 6.45) is 1.70. The Morgan fingerprint density at radius 3 is 2.52 bits per heavy atom. The van der Waals surface area contributed by atoms with Gasteiger partial charge in [0.1, 0.15) is 0 Å². The highest BCUT2D eigenvalue weighted by molar-refractivity contribution is 6.01. The first kappa shape index (κ1) is 20.8. The van der Waals surface area contributed by atoms with Crippen LogP contribution >= 0.6 is 0 Å². The lowest BCUT2D eigenvalue weighted by Crippen LogP contribution is -2.48. The normalized spacial score (nSPS) is 17.8. The molecule has 2 heterocycles.